The molecule has 7 heteroatoms. The van der Waals surface area contributed by atoms with Crippen molar-refractivity contribution in [2.45, 2.75) is 26.3 Å². The fourth-order valence-corrected chi connectivity index (χ4v) is 2.88. The lowest BCUT2D eigenvalue weighted by atomic mass is 10.2. The van der Waals surface area contributed by atoms with E-state index in [9.17, 15) is 4.79 Å². The van der Waals surface area contributed by atoms with Crippen LogP contribution in [0.1, 0.15) is 30.8 Å². The van der Waals surface area contributed by atoms with E-state index in [0.717, 1.165) is 12.0 Å². The van der Waals surface area contributed by atoms with Gasteiger partial charge >= 0.3 is 0 Å². The van der Waals surface area contributed by atoms with Crippen molar-refractivity contribution in [3.8, 4) is 22.9 Å². The minimum absolute atomic E-state index is 0.184. The van der Waals surface area contributed by atoms with E-state index in [4.69, 9.17) is 9.47 Å². The zero-order valence-electron chi connectivity index (χ0n) is 16.3. The highest BCUT2D eigenvalue weighted by Gasteiger charge is 2.17. The highest BCUT2D eigenvalue weighted by atomic mass is 16.7. The number of carbonyl (C=O) groups excluding carboxylic acids is 1. The van der Waals surface area contributed by atoms with E-state index in [1.165, 1.54) is 0 Å². The third-order valence-electron chi connectivity index (χ3n) is 4.63. The molecule has 0 radical (unpaired) electrons. The quantitative estimate of drug-likeness (QED) is 0.651. The molecule has 2 aromatic carbocycles. The van der Waals surface area contributed by atoms with Crippen molar-refractivity contribution >= 4 is 17.4 Å². The summed E-state index contributed by atoms with van der Waals surface area (Å²) in [6, 6.07) is 16.8. The number of hydrogen-bond acceptors (Lipinski definition) is 6. The molecule has 0 saturated carbocycles. The fraction of sp³-hybridized carbons (Fsp3) is 0.227. The van der Waals surface area contributed by atoms with E-state index in [2.05, 4.69) is 34.4 Å². The molecule has 4 rings (SSSR count). The van der Waals surface area contributed by atoms with E-state index in [-0.39, 0.29) is 24.4 Å². The van der Waals surface area contributed by atoms with Gasteiger partial charge in [-0.15, -0.1) is 0 Å². The third-order valence-corrected chi connectivity index (χ3v) is 4.63. The molecule has 1 unspecified atom stereocenters. The molecule has 0 bridgehead atoms. The number of anilines is 2. The molecular weight excluding hydrogens is 368 g/mol. The van der Waals surface area contributed by atoms with Crippen LogP contribution >= 0.6 is 0 Å². The second-order valence-corrected chi connectivity index (χ2v) is 6.80. The molecule has 0 saturated heterocycles. The standard InChI is InChI=1S/C22H22N4O3/c1-3-14(2)23-20-12-17(25-21(26-20)15-7-5-4-6-8-15)22(27)24-16-9-10-18-19(11-16)29-13-28-18/h4-12,14H,3,13H2,1-2H3,(H,24,27)(H,23,25,26). The Bertz CT molecular complexity index is 1020. The normalized spacial score (nSPS) is 13.0. The number of rotatable bonds is 6. The summed E-state index contributed by atoms with van der Waals surface area (Å²) in [4.78, 5) is 22.0. The molecule has 1 aliphatic heterocycles. The molecule has 1 aliphatic rings. The Morgan fingerprint density at radius 1 is 1.07 bits per heavy atom. The Hall–Kier alpha value is -3.61. The zero-order chi connectivity index (χ0) is 20.2. The van der Waals surface area contributed by atoms with Crippen molar-refractivity contribution < 1.29 is 14.3 Å². The van der Waals surface area contributed by atoms with Crippen LogP contribution in [0.2, 0.25) is 0 Å². The van der Waals surface area contributed by atoms with Gasteiger partial charge in [0, 0.05) is 29.4 Å². The molecule has 3 aromatic rings. The van der Waals surface area contributed by atoms with Crippen LogP contribution in [0.5, 0.6) is 11.5 Å². The van der Waals surface area contributed by atoms with Crippen molar-refractivity contribution in [2.75, 3.05) is 17.4 Å². The van der Waals surface area contributed by atoms with Crippen LogP contribution in [-0.4, -0.2) is 28.7 Å². The number of nitrogens with one attached hydrogen (secondary N) is 2. The van der Waals surface area contributed by atoms with Gasteiger partial charge in [0.2, 0.25) is 6.79 Å². The van der Waals surface area contributed by atoms with Gasteiger partial charge in [0.05, 0.1) is 0 Å². The maximum absolute atomic E-state index is 12.9. The number of ether oxygens (including phenoxy) is 2. The van der Waals surface area contributed by atoms with E-state index in [1.807, 2.05) is 30.3 Å². The first kappa shape index (κ1) is 18.7. The van der Waals surface area contributed by atoms with Gasteiger partial charge in [-0.05, 0) is 25.5 Å². The first-order chi connectivity index (χ1) is 14.1. The van der Waals surface area contributed by atoms with Crippen LogP contribution in [0.4, 0.5) is 11.5 Å². The Morgan fingerprint density at radius 3 is 2.66 bits per heavy atom. The Balaban J connectivity index is 1.64. The van der Waals surface area contributed by atoms with Crippen molar-refractivity contribution in [1.82, 2.24) is 9.97 Å². The maximum atomic E-state index is 12.9. The summed E-state index contributed by atoms with van der Waals surface area (Å²) in [5.74, 6) is 2.06. The predicted octanol–water partition coefficient (Wildman–Crippen LogP) is 4.34. The largest absolute Gasteiger partial charge is 0.454 e. The average Bonchev–Trinajstić information content (AvgIpc) is 3.22. The molecule has 1 atom stereocenters. The van der Waals surface area contributed by atoms with E-state index < -0.39 is 0 Å². The summed E-state index contributed by atoms with van der Waals surface area (Å²) in [5.41, 5.74) is 1.73. The number of hydrogen-bond donors (Lipinski definition) is 2. The molecule has 2 heterocycles. The van der Waals surface area contributed by atoms with Crippen molar-refractivity contribution in [3.63, 3.8) is 0 Å². The highest BCUT2D eigenvalue weighted by Crippen LogP contribution is 2.34. The summed E-state index contributed by atoms with van der Waals surface area (Å²) in [6.45, 7) is 4.34. The smallest absolute Gasteiger partial charge is 0.274 e. The Morgan fingerprint density at radius 2 is 1.86 bits per heavy atom. The van der Waals surface area contributed by atoms with Crippen LogP contribution in [0.15, 0.2) is 54.6 Å². The fourth-order valence-electron chi connectivity index (χ4n) is 2.88. The van der Waals surface area contributed by atoms with Crippen molar-refractivity contribution in [2.24, 2.45) is 0 Å². The zero-order valence-corrected chi connectivity index (χ0v) is 16.3. The topological polar surface area (TPSA) is 85.4 Å². The van der Waals surface area contributed by atoms with Gasteiger partial charge in [-0.25, -0.2) is 9.97 Å². The second kappa shape index (κ2) is 8.18. The lowest BCUT2D eigenvalue weighted by Crippen LogP contribution is -2.18. The summed E-state index contributed by atoms with van der Waals surface area (Å²) in [5, 5.41) is 6.20. The number of benzene rings is 2. The Labute approximate surface area is 169 Å². The average molecular weight is 390 g/mol. The first-order valence-corrected chi connectivity index (χ1v) is 9.54. The molecule has 2 N–H and O–H groups in total. The van der Waals surface area contributed by atoms with Gasteiger partial charge in [-0.3, -0.25) is 4.79 Å². The van der Waals surface area contributed by atoms with E-state index in [1.54, 1.807) is 24.3 Å². The molecule has 7 nitrogen and oxygen atoms in total. The van der Waals surface area contributed by atoms with Gasteiger partial charge in [0.25, 0.3) is 5.91 Å². The lowest BCUT2D eigenvalue weighted by molar-refractivity contribution is 0.102. The van der Waals surface area contributed by atoms with Gasteiger partial charge < -0.3 is 20.1 Å². The van der Waals surface area contributed by atoms with Gasteiger partial charge in [0.15, 0.2) is 17.3 Å². The van der Waals surface area contributed by atoms with Crippen LogP contribution in [0.3, 0.4) is 0 Å². The van der Waals surface area contributed by atoms with Crippen molar-refractivity contribution in [1.29, 1.82) is 0 Å². The van der Waals surface area contributed by atoms with E-state index in [0.29, 0.717) is 28.8 Å². The van der Waals surface area contributed by atoms with Crippen LogP contribution in [0.25, 0.3) is 11.4 Å². The molecule has 0 fully saturated rings. The molecule has 148 valence electrons. The van der Waals surface area contributed by atoms with E-state index >= 15 is 0 Å². The second-order valence-electron chi connectivity index (χ2n) is 6.80. The number of fused-ring (bicyclic) bond motifs is 1. The number of amides is 1. The number of nitrogens with zero attached hydrogens (tertiary/aromatic N) is 2. The summed E-state index contributed by atoms with van der Waals surface area (Å²) >= 11 is 0. The van der Waals surface area contributed by atoms with Crippen LogP contribution in [0, 0.1) is 0 Å². The first-order valence-electron chi connectivity index (χ1n) is 9.54. The molecule has 1 aromatic heterocycles. The summed E-state index contributed by atoms with van der Waals surface area (Å²) in [6.07, 6.45) is 0.934. The number of carbonyl (C=O) groups is 1. The third kappa shape index (κ3) is 4.29. The van der Waals surface area contributed by atoms with Gasteiger partial charge in [-0.2, -0.15) is 0 Å². The minimum atomic E-state index is -0.323. The molecule has 29 heavy (non-hydrogen) atoms. The maximum Gasteiger partial charge on any atom is 0.274 e. The molecule has 0 spiro atoms. The molecule has 1 amide bonds. The van der Waals surface area contributed by atoms with Crippen LogP contribution in [-0.2, 0) is 0 Å². The summed E-state index contributed by atoms with van der Waals surface area (Å²) in [7, 11) is 0. The lowest BCUT2D eigenvalue weighted by Gasteiger charge is -2.14. The van der Waals surface area contributed by atoms with Gasteiger partial charge in [-0.1, -0.05) is 37.3 Å². The van der Waals surface area contributed by atoms with Gasteiger partial charge in [0.1, 0.15) is 11.5 Å². The van der Waals surface area contributed by atoms with Crippen molar-refractivity contribution in [3.05, 3.63) is 60.3 Å². The monoisotopic (exact) mass is 390 g/mol. The summed E-state index contributed by atoms with van der Waals surface area (Å²) < 4.78 is 10.7. The SMILES string of the molecule is CCC(C)Nc1cc(C(=O)Nc2ccc3c(c2)OCO3)nc(-c2ccccc2)n1. The predicted molar refractivity (Wildman–Crippen MR) is 111 cm³/mol. The molecular formula is C22H22N4O3. The Kier molecular flexibility index (Phi) is 5.29. The minimum Gasteiger partial charge on any atom is -0.454 e. The number of aromatic nitrogens is 2. The highest BCUT2D eigenvalue weighted by molar-refractivity contribution is 6.03. The van der Waals surface area contributed by atoms with Crippen LogP contribution < -0.4 is 20.1 Å². The molecule has 0 aliphatic carbocycles.